The van der Waals surface area contributed by atoms with Crippen LogP contribution in [-0.2, 0) is 5.75 Å². The van der Waals surface area contributed by atoms with Crippen LogP contribution in [0.15, 0.2) is 41.6 Å². The standard InChI is InChI=1S/C15H8ClF5S/c16-9-3-1-8(2-4-9)7-22-15(21)13(19)10-5-6-11(17)14(20)12(10)18/h1-6H,7H2. The molecule has 22 heavy (non-hydrogen) atoms. The second-order valence-electron chi connectivity index (χ2n) is 4.23. The highest BCUT2D eigenvalue weighted by Crippen LogP contribution is 2.33. The van der Waals surface area contributed by atoms with Crippen LogP contribution in [0.25, 0.3) is 5.83 Å². The van der Waals surface area contributed by atoms with Gasteiger partial charge in [0.1, 0.15) is 0 Å². The summed E-state index contributed by atoms with van der Waals surface area (Å²) in [6, 6.07) is 7.60. The molecule has 0 nitrogen and oxygen atoms in total. The van der Waals surface area contributed by atoms with Crippen LogP contribution in [0.1, 0.15) is 11.1 Å². The molecular formula is C15H8ClF5S. The number of hydrogen-bond acceptors (Lipinski definition) is 1. The Morgan fingerprint density at radius 3 is 2.18 bits per heavy atom. The van der Waals surface area contributed by atoms with Crippen molar-refractivity contribution in [3.63, 3.8) is 0 Å². The molecule has 0 N–H and O–H groups in total. The molecule has 0 saturated carbocycles. The van der Waals surface area contributed by atoms with E-state index in [1.807, 2.05) is 0 Å². The van der Waals surface area contributed by atoms with Crippen LogP contribution in [0.3, 0.4) is 0 Å². The fraction of sp³-hybridized carbons (Fsp3) is 0.0667. The van der Waals surface area contributed by atoms with Crippen molar-refractivity contribution in [1.82, 2.24) is 0 Å². The molecule has 0 aliphatic heterocycles. The maximum absolute atomic E-state index is 13.8. The van der Waals surface area contributed by atoms with Gasteiger partial charge in [-0.3, -0.25) is 0 Å². The van der Waals surface area contributed by atoms with Crippen molar-refractivity contribution in [3.05, 3.63) is 75.2 Å². The first-order valence-electron chi connectivity index (χ1n) is 5.96. The highest BCUT2D eigenvalue weighted by atomic mass is 35.5. The van der Waals surface area contributed by atoms with Gasteiger partial charge in [-0.2, -0.15) is 4.39 Å². The molecule has 116 valence electrons. The van der Waals surface area contributed by atoms with Crippen LogP contribution in [-0.4, -0.2) is 0 Å². The zero-order valence-electron chi connectivity index (χ0n) is 10.8. The fourth-order valence-electron chi connectivity index (χ4n) is 1.59. The van der Waals surface area contributed by atoms with Gasteiger partial charge < -0.3 is 0 Å². The fourth-order valence-corrected chi connectivity index (χ4v) is 2.44. The Kier molecular flexibility index (Phi) is 5.47. The van der Waals surface area contributed by atoms with E-state index in [9.17, 15) is 22.0 Å². The molecule has 0 aromatic heterocycles. The second kappa shape index (κ2) is 7.15. The first kappa shape index (κ1) is 16.8. The van der Waals surface area contributed by atoms with Crippen LogP contribution >= 0.6 is 23.4 Å². The summed E-state index contributed by atoms with van der Waals surface area (Å²) < 4.78 is 66.7. The Morgan fingerprint density at radius 2 is 1.55 bits per heavy atom. The van der Waals surface area contributed by atoms with Gasteiger partial charge in [0.25, 0.3) is 0 Å². The van der Waals surface area contributed by atoms with Crippen molar-refractivity contribution in [1.29, 1.82) is 0 Å². The minimum absolute atomic E-state index is 0.0711. The quantitative estimate of drug-likeness (QED) is 0.463. The van der Waals surface area contributed by atoms with E-state index < -0.39 is 34.0 Å². The zero-order valence-corrected chi connectivity index (χ0v) is 12.4. The Balaban J connectivity index is 2.19. The van der Waals surface area contributed by atoms with Crippen LogP contribution in [0.2, 0.25) is 5.02 Å². The summed E-state index contributed by atoms with van der Waals surface area (Å²) in [7, 11) is 0. The van der Waals surface area contributed by atoms with E-state index in [1.165, 1.54) is 0 Å². The molecule has 0 saturated heterocycles. The Bertz CT molecular complexity index is 713. The molecule has 0 spiro atoms. The van der Waals surface area contributed by atoms with Gasteiger partial charge >= 0.3 is 0 Å². The van der Waals surface area contributed by atoms with Crippen LogP contribution in [0.5, 0.6) is 0 Å². The maximum Gasteiger partial charge on any atom is 0.195 e. The van der Waals surface area contributed by atoms with Crippen LogP contribution in [0.4, 0.5) is 22.0 Å². The van der Waals surface area contributed by atoms with E-state index in [2.05, 4.69) is 0 Å². The third kappa shape index (κ3) is 3.81. The Morgan fingerprint density at radius 1 is 0.909 bits per heavy atom. The van der Waals surface area contributed by atoms with E-state index in [0.717, 1.165) is 0 Å². The van der Waals surface area contributed by atoms with E-state index in [0.29, 0.717) is 34.5 Å². The SMILES string of the molecule is FC(SCc1ccc(Cl)cc1)=C(F)c1ccc(F)c(F)c1F. The van der Waals surface area contributed by atoms with Crippen molar-refractivity contribution in [3.8, 4) is 0 Å². The molecule has 0 aliphatic carbocycles. The van der Waals surface area contributed by atoms with Gasteiger partial charge in [0.05, 0.1) is 5.56 Å². The first-order valence-corrected chi connectivity index (χ1v) is 7.33. The lowest BCUT2D eigenvalue weighted by Crippen LogP contribution is -1.96. The van der Waals surface area contributed by atoms with E-state index in [4.69, 9.17) is 11.6 Å². The topological polar surface area (TPSA) is 0 Å². The number of thioether (sulfide) groups is 1. The maximum atomic E-state index is 13.8. The zero-order chi connectivity index (χ0) is 16.3. The molecule has 0 unspecified atom stereocenters. The van der Waals surface area contributed by atoms with Gasteiger partial charge in [-0.05, 0) is 29.8 Å². The molecule has 2 aromatic rings. The largest absolute Gasteiger partial charge is 0.204 e. The summed E-state index contributed by atoms with van der Waals surface area (Å²) in [5.74, 6) is -6.58. The highest BCUT2D eigenvalue weighted by molar-refractivity contribution is 8.02. The molecule has 0 amide bonds. The summed E-state index contributed by atoms with van der Waals surface area (Å²) in [6.45, 7) is 0. The summed E-state index contributed by atoms with van der Waals surface area (Å²) in [6.07, 6.45) is 0. The minimum Gasteiger partial charge on any atom is -0.204 e. The molecule has 2 aromatic carbocycles. The average Bonchev–Trinajstić information content (AvgIpc) is 2.51. The van der Waals surface area contributed by atoms with Gasteiger partial charge in [0.2, 0.25) is 0 Å². The Labute approximate surface area is 132 Å². The summed E-state index contributed by atoms with van der Waals surface area (Å²) in [4.78, 5) is 0. The molecule has 0 fully saturated rings. The number of benzene rings is 2. The lowest BCUT2D eigenvalue weighted by molar-refractivity contribution is 0.443. The summed E-state index contributed by atoms with van der Waals surface area (Å²) >= 11 is 6.16. The number of rotatable bonds is 4. The van der Waals surface area contributed by atoms with Crippen molar-refractivity contribution in [2.75, 3.05) is 0 Å². The molecule has 0 atom stereocenters. The molecule has 0 heterocycles. The van der Waals surface area contributed by atoms with E-state index in [1.54, 1.807) is 24.3 Å². The minimum atomic E-state index is -1.84. The molecule has 0 radical (unpaired) electrons. The van der Waals surface area contributed by atoms with Crippen molar-refractivity contribution in [2.24, 2.45) is 0 Å². The van der Waals surface area contributed by atoms with Gasteiger partial charge in [-0.15, -0.1) is 0 Å². The van der Waals surface area contributed by atoms with Gasteiger partial charge in [0, 0.05) is 10.8 Å². The van der Waals surface area contributed by atoms with Crippen LogP contribution in [0, 0.1) is 17.5 Å². The van der Waals surface area contributed by atoms with Crippen LogP contribution < -0.4 is 0 Å². The third-order valence-electron chi connectivity index (χ3n) is 2.72. The normalized spacial score (nSPS) is 12.3. The smallest absolute Gasteiger partial charge is 0.195 e. The van der Waals surface area contributed by atoms with E-state index in [-0.39, 0.29) is 5.75 Å². The van der Waals surface area contributed by atoms with E-state index >= 15 is 0 Å². The lowest BCUT2D eigenvalue weighted by Gasteiger charge is -2.05. The van der Waals surface area contributed by atoms with Crippen molar-refractivity contribution in [2.45, 2.75) is 5.75 Å². The predicted molar refractivity (Wildman–Crippen MR) is 78.2 cm³/mol. The predicted octanol–water partition coefficient (Wildman–Crippen LogP) is 6.26. The van der Waals surface area contributed by atoms with Gasteiger partial charge in [-0.25, -0.2) is 17.6 Å². The second-order valence-corrected chi connectivity index (χ2v) is 5.60. The molecule has 0 aliphatic rings. The molecule has 7 heteroatoms. The lowest BCUT2D eigenvalue weighted by atomic mass is 10.2. The Hall–Kier alpha value is -1.53. The molecule has 2 rings (SSSR count). The number of halogens is 6. The molecule has 0 bridgehead atoms. The summed E-state index contributed by atoms with van der Waals surface area (Å²) in [5, 5.41) is -0.820. The van der Waals surface area contributed by atoms with Gasteiger partial charge in [-0.1, -0.05) is 35.5 Å². The first-order chi connectivity index (χ1) is 10.4. The van der Waals surface area contributed by atoms with Crippen molar-refractivity contribution < 1.29 is 22.0 Å². The average molecular weight is 351 g/mol. The monoisotopic (exact) mass is 350 g/mol. The van der Waals surface area contributed by atoms with Crippen molar-refractivity contribution >= 4 is 29.2 Å². The molecular weight excluding hydrogens is 343 g/mol. The highest BCUT2D eigenvalue weighted by Gasteiger charge is 2.19. The third-order valence-corrected chi connectivity index (χ3v) is 3.89. The number of hydrogen-bond donors (Lipinski definition) is 0. The summed E-state index contributed by atoms with van der Waals surface area (Å²) in [5.41, 5.74) is -0.289. The van der Waals surface area contributed by atoms with Gasteiger partial charge in [0.15, 0.2) is 28.4 Å².